The number of amides is 2. The second-order valence-electron chi connectivity index (χ2n) is 9.52. The zero-order chi connectivity index (χ0) is 22.4. The molecule has 168 valence electrons. The zero-order valence-corrected chi connectivity index (χ0v) is 19.6. The summed E-state index contributed by atoms with van der Waals surface area (Å²) in [5.74, 6) is -0.00678. The fourth-order valence-electron chi connectivity index (χ4n) is 4.39. The third kappa shape index (κ3) is 4.72. The van der Waals surface area contributed by atoms with Crippen LogP contribution in [-0.4, -0.2) is 37.8 Å². The standard InChI is InChI=1S/C22H28N2O5S2/c1-22(2,3)13-6-7-15-17(11-13)30-21(24-19(25)16-5-4-9-29-16)18(15)20(26)23-14-8-10-31(27,28)12-14/h4-5,9,13-14H,6-8,10-12H2,1-3H3,(H,23,26)(H,24,25)/t13-,14+/m1/s1. The molecule has 2 amide bonds. The molecule has 1 aliphatic heterocycles. The Balaban J connectivity index is 1.64. The summed E-state index contributed by atoms with van der Waals surface area (Å²) < 4.78 is 28.8. The number of carbonyl (C=O) groups is 2. The summed E-state index contributed by atoms with van der Waals surface area (Å²) in [5, 5.41) is 6.24. The quantitative estimate of drug-likeness (QED) is 0.718. The van der Waals surface area contributed by atoms with E-state index >= 15 is 0 Å². The second-order valence-corrected chi connectivity index (χ2v) is 12.9. The fourth-order valence-corrected chi connectivity index (χ4v) is 7.39. The maximum absolute atomic E-state index is 13.2. The first kappa shape index (κ1) is 22.1. The molecule has 7 nitrogen and oxygen atoms in total. The minimum atomic E-state index is -3.10. The topological polar surface area (TPSA) is 105 Å². The average molecular weight is 465 g/mol. The van der Waals surface area contributed by atoms with Crippen molar-refractivity contribution >= 4 is 38.0 Å². The molecule has 0 unspecified atom stereocenters. The van der Waals surface area contributed by atoms with Gasteiger partial charge in [0.1, 0.15) is 5.00 Å². The summed E-state index contributed by atoms with van der Waals surface area (Å²) in [5.41, 5.74) is 1.59. The number of thiophene rings is 1. The monoisotopic (exact) mass is 464 g/mol. The average Bonchev–Trinajstić information content (AvgIpc) is 3.38. The molecule has 2 atom stereocenters. The molecule has 2 aliphatic rings. The number of rotatable bonds is 4. The van der Waals surface area contributed by atoms with Gasteiger partial charge in [-0.05, 0) is 54.7 Å². The molecule has 0 radical (unpaired) electrons. The van der Waals surface area contributed by atoms with Crippen LogP contribution in [0.3, 0.4) is 0 Å². The van der Waals surface area contributed by atoms with E-state index in [-0.39, 0.29) is 28.6 Å². The highest BCUT2D eigenvalue weighted by Gasteiger charge is 2.36. The number of hydrogen-bond donors (Lipinski definition) is 2. The third-order valence-electron chi connectivity index (χ3n) is 6.26. The summed E-state index contributed by atoms with van der Waals surface area (Å²) in [6.07, 6.45) is 4.43. The van der Waals surface area contributed by atoms with Crippen molar-refractivity contribution in [2.75, 3.05) is 16.8 Å². The predicted octanol–water partition coefficient (Wildman–Crippen LogP) is 3.66. The first-order valence-electron chi connectivity index (χ1n) is 10.5. The zero-order valence-electron chi connectivity index (χ0n) is 18.0. The van der Waals surface area contributed by atoms with E-state index in [0.717, 1.165) is 29.7 Å². The van der Waals surface area contributed by atoms with Crippen LogP contribution in [0.2, 0.25) is 0 Å². The smallest absolute Gasteiger partial charge is 0.291 e. The van der Waals surface area contributed by atoms with Crippen LogP contribution in [-0.2, 0) is 22.7 Å². The Morgan fingerprint density at radius 2 is 1.97 bits per heavy atom. The van der Waals surface area contributed by atoms with E-state index in [2.05, 4.69) is 31.4 Å². The molecule has 2 aromatic rings. The van der Waals surface area contributed by atoms with Crippen molar-refractivity contribution < 1.29 is 22.4 Å². The molecule has 0 bridgehead atoms. The first-order valence-corrected chi connectivity index (χ1v) is 13.2. The number of anilines is 1. The number of fused-ring (bicyclic) bond motifs is 1. The molecule has 2 aromatic heterocycles. The van der Waals surface area contributed by atoms with Crippen molar-refractivity contribution in [3.63, 3.8) is 0 Å². The van der Waals surface area contributed by atoms with Gasteiger partial charge in [-0.3, -0.25) is 9.59 Å². The van der Waals surface area contributed by atoms with E-state index in [1.165, 1.54) is 17.6 Å². The molecule has 2 N–H and O–H groups in total. The van der Waals surface area contributed by atoms with Crippen molar-refractivity contribution in [1.82, 2.24) is 5.32 Å². The summed E-state index contributed by atoms with van der Waals surface area (Å²) in [7, 11) is -3.10. The molecule has 0 saturated carbocycles. The number of furan rings is 1. The van der Waals surface area contributed by atoms with Crippen LogP contribution in [0.4, 0.5) is 5.00 Å². The maximum Gasteiger partial charge on any atom is 0.291 e. The first-order chi connectivity index (χ1) is 14.5. The van der Waals surface area contributed by atoms with Crippen LogP contribution < -0.4 is 10.6 Å². The highest BCUT2D eigenvalue weighted by atomic mass is 32.2. The minimum absolute atomic E-state index is 0.0365. The summed E-state index contributed by atoms with van der Waals surface area (Å²) >= 11 is 1.44. The lowest BCUT2D eigenvalue weighted by molar-refractivity contribution is 0.0941. The third-order valence-corrected chi connectivity index (χ3v) is 9.19. The molecule has 1 saturated heterocycles. The molecule has 0 spiro atoms. The van der Waals surface area contributed by atoms with Crippen LogP contribution >= 0.6 is 11.3 Å². The van der Waals surface area contributed by atoms with Gasteiger partial charge in [0.25, 0.3) is 11.8 Å². The van der Waals surface area contributed by atoms with E-state index in [9.17, 15) is 18.0 Å². The minimum Gasteiger partial charge on any atom is -0.459 e. The van der Waals surface area contributed by atoms with Crippen LogP contribution in [0, 0.1) is 11.3 Å². The van der Waals surface area contributed by atoms with Gasteiger partial charge in [0, 0.05) is 10.9 Å². The maximum atomic E-state index is 13.2. The Labute approximate surface area is 186 Å². The SMILES string of the molecule is CC(C)(C)[C@@H]1CCc2c(sc(NC(=O)c3ccco3)c2C(=O)N[C@H]2CCS(=O)(=O)C2)C1. The van der Waals surface area contributed by atoms with Crippen LogP contribution in [0.1, 0.15) is 65.0 Å². The molecule has 4 rings (SSSR count). The van der Waals surface area contributed by atoms with Crippen LogP contribution in [0.15, 0.2) is 22.8 Å². The lowest BCUT2D eigenvalue weighted by Gasteiger charge is -2.33. The van der Waals surface area contributed by atoms with Gasteiger partial charge in [0.15, 0.2) is 15.6 Å². The number of sulfone groups is 1. The molecule has 1 aliphatic carbocycles. The Morgan fingerprint density at radius 1 is 1.19 bits per heavy atom. The van der Waals surface area contributed by atoms with E-state index < -0.39 is 21.8 Å². The Kier molecular flexibility index (Phi) is 5.76. The van der Waals surface area contributed by atoms with Gasteiger partial charge in [0.2, 0.25) is 0 Å². The number of nitrogens with one attached hydrogen (secondary N) is 2. The fraction of sp³-hybridized carbons (Fsp3) is 0.545. The van der Waals surface area contributed by atoms with E-state index in [1.807, 2.05) is 0 Å². The van der Waals surface area contributed by atoms with Crippen molar-refractivity contribution in [2.45, 2.75) is 52.5 Å². The Morgan fingerprint density at radius 3 is 2.58 bits per heavy atom. The van der Waals surface area contributed by atoms with Crippen molar-refractivity contribution in [2.24, 2.45) is 11.3 Å². The van der Waals surface area contributed by atoms with Gasteiger partial charge < -0.3 is 15.1 Å². The van der Waals surface area contributed by atoms with Crippen molar-refractivity contribution in [3.8, 4) is 0 Å². The van der Waals surface area contributed by atoms with E-state index in [4.69, 9.17) is 4.42 Å². The predicted molar refractivity (Wildman–Crippen MR) is 120 cm³/mol. The van der Waals surface area contributed by atoms with Gasteiger partial charge >= 0.3 is 0 Å². The highest BCUT2D eigenvalue weighted by Crippen LogP contribution is 2.44. The largest absolute Gasteiger partial charge is 0.459 e. The molecule has 3 heterocycles. The molecule has 0 aromatic carbocycles. The highest BCUT2D eigenvalue weighted by molar-refractivity contribution is 7.91. The lowest BCUT2D eigenvalue weighted by atomic mass is 9.72. The number of hydrogen-bond acceptors (Lipinski definition) is 6. The van der Waals surface area contributed by atoms with Gasteiger partial charge in [-0.2, -0.15) is 0 Å². The normalized spacial score (nSPS) is 22.7. The van der Waals surface area contributed by atoms with Gasteiger partial charge in [-0.1, -0.05) is 20.8 Å². The number of carbonyl (C=O) groups excluding carboxylic acids is 2. The summed E-state index contributed by atoms with van der Waals surface area (Å²) in [4.78, 5) is 27.0. The van der Waals surface area contributed by atoms with E-state index in [0.29, 0.717) is 22.9 Å². The molecule has 31 heavy (non-hydrogen) atoms. The van der Waals surface area contributed by atoms with E-state index in [1.54, 1.807) is 12.1 Å². The Hall–Kier alpha value is -2.13. The Bertz CT molecular complexity index is 1090. The van der Waals surface area contributed by atoms with Crippen molar-refractivity contribution in [1.29, 1.82) is 0 Å². The molecule has 1 fully saturated rings. The second kappa shape index (κ2) is 8.09. The van der Waals surface area contributed by atoms with Crippen LogP contribution in [0.5, 0.6) is 0 Å². The lowest BCUT2D eigenvalue weighted by Crippen LogP contribution is -2.36. The van der Waals surface area contributed by atoms with Gasteiger partial charge in [0.05, 0.1) is 23.3 Å². The molecular formula is C22H28N2O5S2. The molecular weight excluding hydrogens is 436 g/mol. The van der Waals surface area contributed by atoms with Gasteiger partial charge in [-0.15, -0.1) is 11.3 Å². The molecule has 9 heteroatoms. The summed E-state index contributed by atoms with van der Waals surface area (Å²) in [6, 6.07) is 2.81. The van der Waals surface area contributed by atoms with Gasteiger partial charge in [-0.25, -0.2) is 8.42 Å². The van der Waals surface area contributed by atoms with Crippen LogP contribution in [0.25, 0.3) is 0 Å². The van der Waals surface area contributed by atoms with Crippen molar-refractivity contribution in [3.05, 3.63) is 40.2 Å². The summed E-state index contributed by atoms with van der Waals surface area (Å²) in [6.45, 7) is 6.68.